The van der Waals surface area contributed by atoms with Crippen molar-refractivity contribution in [2.75, 3.05) is 6.54 Å². The molecule has 1 atom stereocenters. The molecule has 5 heteroatoms. The highest BCUT2D eigenvalue weighted by atomic mass is 79.9. The minimum Gasteiger partial charge on any atom is -0.306 e. The van der Waals surface area contributed by atoms with Gasteiger partial charge in [-0.2, -0.15) is 11.3 Å². The van der Waals surface area contributed by atoms with Crippen LogP contribution in [0.5, 0.6) is 0 Å². The largest absolute Gasteiger partial charge is 0.306 e. The van der Waals surface area contributed by atoms with Crippen LogP contribution in [0.15, 0.2) is 33.4 Å². The third-order valence-corrected chi connectivity index (χ3v) is 4.60. The van der Waals surface area contributed by atoms with Gasteiger partial charge in [0, 0.05) is 15.4 Å². The highest BCUT2D eigenvalue weighted by Gasteiger charge is 2.21. The summed E-state index contributed by atoms with van der Waals surface area (Å²) < 4.78 is 28.3. The molecule has 1 N–H and O–H groups in total. The number of halogens is 3. The Bertz CT molecular complexity index is 556. The van der Waals surface area contributed by atoms with Crippen molar-refractivity contribution in [1.29, 1.82) is 0 Å². The first-order chi connectivity index (χ1) is 9.15. The Morgan fingerprint density at radius 1 is 1.26 bits per heavy atom. The Morgan fingerprint density at radius 3 is 2.68 bits per heavy atom. The van der Waals surface area contributed by atoms with Gasteiger partial charge in [-0.05, 0) is 45.9 Å². The molecule has 1 aromatic heterocycles. The van der Waals surface area contributed by atoms with Crippen molar-refractivity contribution in [3.05, 3.63) is 56.2 Å². The van der Waals surface area contributed by atoms with Crippen LogP contribution in [0.25, 0.3) is 0 Å². The van der Waals surface area contributed by atoms with E-state index in [2.05, 4.69) is 21.2 Å². The number of nitrogens with one attached hydrogen (secondary N) is 1. The standard InChI is InChI=1S/C14H14BrF2NS/c1-2-6-18-14(10-7-19-8-11(10)15)9-4-3-5-12(16)13(9)17/h3-5,7-8,14,18H,2,6H2,1H3. The third-order valence-electron chi connectivity index (χ3n) is 2.84. The van der Waals surface area contributed by atoms with Crippen molar-refractivity contribution >= 4 is 27.3 Å². The van der Waals surface area contributed by atoms with Gasteiger partial charge in [-0.15, -0.1) is 0 Å². The summed E-state index contributed by atoms with van der Waals surface area (Å²) in [6.45, 7) is 2.78. The number of hydrogen-bond acceptors (Lipinski definition) is 2. The molecule has 1 nitrogen and oxygen atoms in total. The van der Waals surface area contributed by atoms with Gasteiger partial charge in [0.15, 0.2) is 11.6 Å². The Morgan fingerprint density at radius 2 is 2.05 bits per heavy atom. The summed E-state index contributed by atoms with van der Waals surface area (Å²) in [6.07, 6.45) is 0.926. The highest BCUT2D eigenvalue weighted by molar-refractivity contribution is 9.10. The molecule has 0 radical (unpaired) electrons. The summed E-state index contributed by atoms with van der Waals surface area (Å²) >= 11 is 4.98. The summed E-state index contributed by atoms with van der Waals surface area (Å²) in [5, 5.41) is 7.15. The molecule has 0 spiro atoms. The zero-order valence-electron chi connectivity index (χ0n) is 10.4. The van der Waals surface area contributed by atoms with E-state index >= 15 is 0 Å². The predicted molar refractivity (Wildman–Crippen MR) is 78.5 cm³/mol. The Balaban J connectivity index is 2.43. The highest BCUT2D eigenvalue weighted by Crippen LogP contribution is 2.33. The quantitative estimate of drug-likeness (QED) is 0.814. The van der Waals surface area contributed by atoms with Gasteiger partial charge in [-0.3, -0.25) is 0 Å². The van der Waals surface area contributed by atoms with E-state index in [9.17, 15) is 8.78 Å². The van der Waals surface area contributed by atoms with Crippen molar-refractivity contribution in [2.45, 2.75) is 19.4 Å². The Hall–Kier alpha value is -0.780. The number of hydrogen-bond donors (Lipinski definition) is 1. The second-order valence-corrected chi connectivity index (χ2v) is 5.80. The maximum atomic E-state index is 14.0. The molecule has 2 aromatic rings. The molecule has 0 aliphatic carbocycles. The lowest BCUT2D eigenvalue weighted by Gasteiger charge is -2.19. The molecule has 0 saturated heterocycles. The molecular formula is C14H14BrF2NS. The van der Waals surface area contributed by atoms with Crippen molar-refractivity contribution in [3.8, 4) is 0 Å². The van der Waals surface area contributed by atoms with Crippen LogP contribution in [-0.4, -0.2) is 6.54 Å². The van der Waals surface area contributed by atoms with Gasteiger partial charge in [0.05, 0.1) is 6.04 Å². The number of thiophene rings is 1. The van der Waals surface area contributed by atoms with Gasteiger partial charge in [0.2, 0.25) is 0 Å². The first-order valence-corrected chi connectivity index (χ1v) is 7.77. The average Bonchev–Trinajstić information content (AvgIpc) is 2.81. The van der Waals surface area contributed by atoms with Crippen LogP contribution < -0.4 is 5.32 Å². The molecular weight excluding hydrogens is 332 g/mol. The summed E-state index contributed by atoms with van der Waals surface area (Å²) in [5.74, 6) is -1.60. The smallest absolute Gasteiger partial charge is 0.163 e. The maximum absolute atomic E-state index is 14.0. The van der Waals surface area contributed by atoms with Crippen LogP contribution in [0, 0.1) is 11.6 Å². The molecule has 0 aliphatic heterocycles. The van der Waals surface area contributed by atoms with E-state index in [1.54, 1.807) is 6.07 Å². The molecule has 1 aromatic carbocycles. The van der Waals surface area contributed by atoms with Crippen molar-refractivity contribution in [1.82, 2.24) is 5.32 Å². The van der Waals surface area contributed by atoms with Crippen molar-refractivity contribution < 1.29 is 8.78 Å². The minimum atomic E-state index is -0.813. The van der Waals surface area contributed by atoms with Crippen LogP contribution in [0.4, 0.5) is 8.78 Å². The van der Waals surface area contributed by atoms with Crippen molar-refractivity contribution in [3.63, 3.8) is 0 Å². The molecule has 0 bridgehead atoms. The predicted octanol–water partition coefficient (Wildman–Crippen LogP) is 4.88. The number of rotatable bonds is 5. The van der Waals surface area contributed by atoms with Gasteiger partial charge < -0.3 is 5.32 Å². The van der Waals surface area contributed by atoms with E-state index < -0.39 is 11.6 Å². The summed E-state index contributed by atoms with van der Waals surface area (Å²) in [5.41, 5.74) is 1.27. The van der Waals surface area contributed by atoms with E-state index in [-0.39, 0.29) is 6.04 Å². The molecule has 102 valence electrons. The lowest BCUT2D eigenvalue weighted by Crippen LogP contribution is -2.24. The normalized spacial score (nSPS) is 12.6. The van der Waals surface area contributed by atoms with Crippen LogP contribution in [0.1, 0.15) is 30.5 Å². The monoisotopic (exact) mass is 345 g/mol. The van der Waals surface area contributed by atoms with Gasteiger partial charge in [0.1, 0.15) is 0 Å². The van der Waals surface area contributed by atoms with E-state index in [4.69, 9.17) is 0 Å². The lowest BCUT2D eigenvalue weighted by molar-refractivity contribution is 0.480. The molecule has 0 saturated carbocycles. The third kappa shape index (κ3) is 3.22. The molecule has 1 heterocycles. The second-order valence-electron chi connectivity index (χ2n) is 4.21. The van der Waals surface area contributed by atoms with E-state index in [0.29, 0.717) is 5.56 Å². The summed E-state index contributed by atoms with van der Waals surface area (Å²) in [6, 6.07) is 3.96. The zero-order valence-corrected chi connectivity index (χ0v) is 12.8. The Kier molecular flexibility index (Phi) is 5.07. The lowest BCUT2D eigenvalue weighted by atomic mass is 10.0. The fourth-order valence-electron chi connectivity index (χ4n) is 1.92. The maximum Gasteiger partial charge on any atom is 0.163 e. The summed E-state index contributed by atoms with van der Waals surface area (Å²) in [7, 11) is 0. The SMILES string of the molecule is CCCNC(c1cscc1Br)c1cccc(F)c1F. The first kappa shape index (κ1) is 14.6. The first-order valence-electron chi connectivity index (χ1n) is 6.04. The second kappa shape index (κ2) is 6.59. The fraction of sp³-hybridized carbons (Fsp3) is 0.286. The van der Waals surface area contributed by atoms with E-state index in [1.807, 2.05) is 17.7 Å². The average molecular weight is 346 g/mol. The van der Waals surface area contributed by atoms with Gasteiger partial charge in [-0.1, -0.05) is 19.1 Å². The molecule has 19 heavy (non-hydrogen) atoms. The number of benzene rings is 1. The molecule has 1 unspecified atom stereocenters. The van der Waals surface area contributed by atoms with Crippen LogP contribution in [0.3, 0.4) is 0 Å². The Labute approximate surface area is 123 Å². The van der Waals surface area contributed by atoms with Crippen molar-refractivity contribution in [2.24, 2.45) is 0 Å². The van der Waals surface area contributed by atoms with E-state index in [1.165, 1.54) is 17.4 Å². The zero-order chi connectivity index (χ0) is 13.8. The van der Waals surface area contributed by atoms with Gasteiger partial charge in [0.25, 0.3) is 0 Å². The molecule has 0 amide bonds. The topological polar surface area (TPSA) is 12.0 Å². The molecule has 2 rings (SSSR count). The summed E-state index contributed by atoms with van der Waals surface area (Å²) in [4.78, 5) is 0. The van der Waals surface area contributed by atoms with Crippen LogP contribution >= 0.6 is 27.3 Å². The van der Waals surface area contributed by atoms with Crippen LogP contribution in [-0.2, 0) is 0 Å². The minimum absolute atomic E-state index is 0.337. The fourth-order valence-corrected chi connectivity index (χ4v) is 3.47. The van der Waals surface area contributed by atoms with Crippen LogP contribution in [0.2, 0.25) is 0 Å². The molecule has 0 aliphatic rings. The van der Waals surface area contributed by atoms with E-state index in [0.717, 1.165) is 29.1 Å². The van der Waals surface area contributed by atoms with Gasteiger partial charge >= 0.3 is 0 Å². The van der Waals surface area contributed by atoms with Gasteiger partial charge in [-0.25, -0.2) is 8.78 Å². The molecule has 0 fully saturated rings.